The Morgan fingerprint density at radius 1 is 1.35 bits per heavy atom. The maximum atomic E-state index is 10.8. The topological polar surface area (TPSA) is 73.0 Å². The van der Waals surface area contributed by atoms with Crippen molar-refractivity contribution in [2.75, 3.05) is 23.9 Å². The Kier molecular flexibility index (Phi) is 4.85. The summed E-state index contributed by atoms with van der Waals surface area (Å²) in [5.74, 6) is 2.09. The zero-order valence-electron chi connectivity index (χ0n) is 13.1. The third kappa shape index (κ3) is 3.34. The van der Waals surface area contributed by atoms with Gasteiger partial charge in [-0.25, -0.2) is 4.68 Å². The second-order valence-electron chi connectivity index (χ2n) is 5.59. The van der Waals surface area contributed by atoms with E-state index < -0.39 is 0 Å². The molecule has 0 radical (unpaired) electrons. The number of aryl methyl sites for hydroxylation is 1. The van der Waals surface area contributed by atoms with Gasteiger partial charge in [0.15, 0.2) is 0 Å². The highest BCUT2D eigenvalue weighted by molar-refractivity contribution is 7.98. The summed E-state index contributed by atoms with van der Waals surface area (Å²) in [4.78, 5) is 10.4. The van der Waals surface area contributed by atoms with Crippen molar-refractivity contribution in [3.05, 3.63) is 45.6 Å². The van der Waals surface area contributed by atoms with E-state index in [0.29, 0.717) is 0 Å². The molecule has 0 aliphatic carbocycles. The van der Waals surface area contributed by atoms with Crippen LogP contribution in [0.5, 0.6) is 0 Å². The highest BCUT2D eigenvalue weighted by atomic mass is 32.2. The van der Waals surface area contributed by atoms with E-state index in [4.69, 9.17) is 5.10 Å². The van der Waals surface area contributed by atoms with Crippen LogP contribution in [0.3, 0.4) is 0 Å². The number of aromatic nitrogens is 2. The first-order valence-corrected chi connectivity index (χ1v) is 9.18. The first-order chi connectivity index (χ1) is 11.2. The maximum Gasteiger partial charge on any atom is 0.269 e. The van der Waals surface area contributed by atoms with E-state index in [1.165, 1.54) is 17.7 Å². The number of non-ortho nitro benzene ring substituents is 1. The summed E-state index contributed by atoms with van der Waals surface area (Å²) in [6, 6.07) is 6.58. The highest BCUT2D eigenvalue weighted by Gasteiger charge is 2.20. The average molecular weight is 332 g/mol. The molecule has 1 aromatic carbocycles. The number of rotatable bonds is 5. The molecular formula is C16H20N4O2S. The van der Waals surface area contributed by atoms with Gasteiger partial charge in [-0.1, -0.05) is 0 Å². The van der Waals surface area contributed by atoms with Gasteiger partial charge in [0.2, 0.25) is 0 Å². The number of hydrogen-bond donors (Lipinski definition) is 1. The smallest absolute Gasteiger partial charge is 0.269 e. The van der Waals surface area contributed by atoms with Crippen molar-refractivity contribution < 1.29 is 4.92 Å². The summed E-state index contributed by atoms with van der Waals surface area (Å²) in [5.41, 5.74) is 3.40. The Bertz CT molecular complexity index is 697. The van der Waals surface area contributed by atoms with Gasteiger partial charge in [-0.3, -0.25) is 10.1 Å². The molecule has 122 valence electrons. The van der Waals surface area contributed by atoms with Gasteiger partial charge < -0.3 is 5.32 Å². The largest absolute Gasteiger partial charge is 0.370 e. The molecule has 0 atom stereocenters. The van der Waals surface area contributed by atoms with Crippen molar-refractivity contribution in [2.45, 2.75) is 25.7 Å². The van der Waals surface area contributed by atoms with Gasteiger partial charge in [0, 0.05) is 30.7 Å². The minimum Gasteiger partial charge on any atom is -0.370 e. The molecule has 0 unspecified atom stereocenters. The Balaban J connectivity index is 2.00. The normalized spacial score (nSPS) is 14.0. The van der Waals surface area contributed by atoms with Crippen LogP contribution >= 0.6 is 11.8 Å². The van der Waals surface area contributed by atoms with Gasteiger partial charge in [0.25, 0.3) is 5.69 Å². The molecule has 0 amide bonds. The van der Waals surface area contributed by atoms with E-state index in [1.807, 2.05) is 16.4 Å². The summed E-state index contributed by atoms with van der Waals surface area (Å²) in [6.07, 6.45) is 6.41. The van der Waals surface area contributed by atoms with Crippen molar-refractivity contribution in [2.24, 2.45) is 0 Å². The maximum absolute atomic E-state index is 10.8. The van der Waals surface area contributed by atoms with Gasteiger partial charge in [-0.15, -0.1) is 0 Å². The molecule has 1 aliphatic rings. The molecule has 23 heavy (non-hydrogen) atoms. The second kappa shape index (κ2) is 7.04. The minimum atomic E-state index is -0.379. The van der Waals surface area contributed by atoms with E-state index in [-0.39, 0.29) is 10.6 Å². The summed E-state index contributed by atoms with van der Waals surface area (Å²) in [5, 5.41) is 19.1. The molecule has 6 nitrogen and oxygen atoms in total. The lowest BCUT2D eigenvalue weighted by atomic mass is 10.1. The first-order valence-electron chi connectivity index (χ1n) is 7.79. The van der Waals surface area contributed by atoms with Crippen molar-refractivity contribution in [1.29, 1.82) is 0 Å². The molecule has 0 bridgehead atoms. The third-order valence-corrected chi connectivity index (χ3v) is 4.67. The van der Waals surface area contributed by atoms with Gasteiger partial charge in [0.05, 0.1) is 16.3 Å². The van der Waals surface area contributed by atoms with Crippen molar-refractivity contribution in [3.63, 3.8) is 0 Å². The van der Waals surface area contributed by atoms with Crippen LogP contribution in [-0.4, -0.2) is 33.3 Å². The number of anilines is 1. The standard InChI is InChI=1S/C16H20N4O2S/c1-23-11-9-15-14-4-2-3-10-17-16(14)19(18-15)12-5-7-13(8-6-12)20(21)22/h5-8,17H,2-4,9-11H2,1H3. The number of hydrogen-bond acceptors (Lipinski definition) is 5. The summed E-state index contributed by atoms with van der Waals surface area (Å²) >= 11 is 1.82. The average Bonchev–Trinajstić information content (AvgIpc) is 2.73. The molecule has 0 fully saturated rings. The fourth-order valence-electron chi connectivity index (χ4n) is 2.88. The summed E-state index contributed by atoms with van der Waals surface area (Å²) < 4.78 is 1.90. The first kappa shape index (κ1) is 15.9. The molecular weight excluding hydrogens is 312 g/mol. The number of nitrogens with one attached hydrogen (secondary N) is 1. The van der Waals surface area contributed by atoms with Crippen molar-refractivity contribution in [3.8, 4) is 5.69 Å². The number of fused-ring (bicyclic) bond motifs is 1. The second-order valence-corrected chi connectivity index (χ2v) is 6.57. The number of thioether (sulfide) groups is 1. The summed E-state index contributed by atoms with van der Waals surface area (Å²) in [7, 11) is 0. The van der Waals surface area contributed by atoms with Crippen molar-refractivity contribution in [1.82, 2.24) is 9.78 Å². The van der Waals surface area contributed by atoms with Crippen molar-refractivity contribution >= 4 is 23.3 Å². The predicted molar refractivity (Wildman–Crippen MR) is 93.7 cm³/mol. The summed E-state index contributed by atoms with van der Waals surface area (Å²) in [6.45, 7) is 0.938. The molecule has 2 aromatic rings. The predicted octanol–water partition coefficient (Wildman–Crippen LogP) is 3.43. The van der Waals surface area contributed by atoms with Crippen LogP contribution < -0.4 is 5.32 Å². The number of benzene rings is 1. The lowest BCUT2D eigenvalue weighted by Gasteiger charge is -2.09. The lowest BCUT2D eigenvalue weighted by molar-refractivity contribution is -0.384. The van der Waals surface area contributed by atoms with Crippen LogP contribution in [0.1, 0.15) is 24.1 Å². The Hall–Kier alpha value is -2.02. The fraction of sp³-hybridized carbons (Fsp3) is 0.438. The molecule has 1 N–H and O–H groups in total. The zero-order chi connectivity index (χ0) is 16.2. The Morgan fingerprint density at radius 2 is 2.13 bits per heavy atom. The molecule has 3 rings (SSSR count). The van der Waals surface area contributed by atoms with Crippen LogP contribution in [0.4, 0.5) is 11.5 Å². The van der Waals surface area contributed by atoms with E-state index >= 15 is 0 Å². The van der Waals surface area contributed by atoms with E-state index in [9.17, 15) is 10.1 Å². The SMILES string of the molecule is CSCCc1nn(-c2ccc([N+](=O)[O-])cc2)c2c1CCCCN2. The van der Waals surface area contributed by atoms with Gasteiger partial charge in [0.1, 0.15) is 5.82 Å². The molecule has 0 spiro atoms. The molecule has 0 saturated heterocycles. The monoisotopic (exact) mass is 332 g/mol. The van der Waals surface area contributed by atoms with Crippen LogP contribution in [-0.2, 0) is 12.8 Å². The van der Waals surface area contributed by atoms with Crippen LogP contribution in [0.2, 0.25) is 0 Å². The van der Waals surface area contributed by atoms with Gasteiger partial charge in [-0.2, -0.15) is 16.9 Å². The minimum absolute atomic E-state index is 0.0996. The Morgan fingerprint density at radius 3 is 2.83 bits per heavy atom. The number of nitro benzene ring substituents is 1. The highest BCUT2D eigenvalue weighted by Crippen LogP contribution is 2.29. The van der Waals surface area contributed by atoms with Gasteiger partial charge >= 0.3 is 0 Å². The zero-order valence-corrected chi connectivity index (χ0v) is 13.9. The molecule has 1 aromatic heterocycles. The van der Waals surface area contributed by atoms with Gasteiger partial charge in [-0.05, 0) is 43.4 Å². The third-order valence-electron chi connectivity index (χ3n) is 4.06. The van der Waals surface area contributed by atoms with Crippen LogP contribution in [0.15, 0.2) is 24.3 Å². The van der Waals surface area contributed by atoms with E-state index in [1.54, 1.807) is 12.1 Å². The lowest BCUT2D eigenvalue weighted by Crippen LogP contribution is -2.07. The van der Waals surface area contributed by atoms with E-state index in [2.05, 4.69) is 11.6 Å². The van der Waals surface area contributed by atoms with Crippen LogP contribution in [0.25, 0.3) is 5.69 Å². The molecule has 0 saturated carbocycles. The molecule has 7 heteroatoms. The quantitative estimate of drug-likeness (QED) is 0.671. The molecule has 1 aliphatic heterocycles. The Labute approximate surface area is 139 Å². The fourth-order valence-corrected chi connectivity index (χ4v) is 3.27. The molecule has 2 heterocycles. The van der Waals surface area contributed by atoms with Crippen LogP contribution in [0, 0.1) is 10.1 Å². The van der Waals surface area contributed by atoms with E-state index in [0.717, 1.165) is 55.2 Å². The number of nitrogens with zero attached hydrogens (tertiary/aromatic N) is 3. The number of nitro groups is 1.